The highest BCUT2D eigenvalue weighted by molar-refractivity contribution is 5.95. The molecule has 2 aromatic carbocycles. The third kappa shape index (κ3) is 5.22. The van der Waals surface area contributed by atoms with E-state index in [4.69, 9.17) is 14.2 Å². The van der Waals surface area contributed by atoms with Gasteiger partial charge in [-0.05, 0) is 38.0 Å². The molecule has 0 aromatic heterocycles. The summed E-state index contributed by atoms with van der Waals surface area (Å²) in [4.78, 5) is 36.0. The highest BCUT2D eigenvalue weighted by Gasteiger charge is 2.35. The molecule has 0 saturated heterocycles. The maximum atomic E-state index is 12.6. The zero-order valence-electron chi connectivity index (χ0n) is 18.8. The monoisotopic (exact) mass is 455 g/mol. The molecule has 1 heterocycles. The van der Waals surface area contributed by atoms with Crippen LogP contribution in [-0.2, 0) is 16.1 Å². The molecule has 0 aliphatic carbocycles. The highest BCUT2D eigenvalue weighted by Crippen LogP contribution is 2.42. The van der Waals surface area contributed by atoms with Crippen LogP contribution in [0.25, 0.3) is 0 Å². The summed E-state index contributed by atoms with van der Waals surface area (Å²) in [6, 6.07) is 8.80. The van der Waals surface area contributed by atoms with E-state index in [1.165, 1.54) is 19.2 Å². The van der Waals surface area contributed by atoms with E-state index in [9.17, 15) is 19.7 Å². The van der Waals surface area contributed by atoms with Crippen LogP contribution in [0.15, 0.2) is 47.7 Å². The molecule has 0 saturated carbocycles. The lowest BCUT2D eigenvalue weighted by molar-refractivity contribution is -0.386. The van der Waals surface area contributed by atoms with E-state index < -0.39 is 23.0 Å². The molecule has 0 spiro atoms. The largest absolute Gasteiger partial charge is 0.493 e. The van der Waals surface area contributed by atoms with E-state index in [0.717, 1.165) is 11.1 Å². The third-order valence-electron chi connectivity index (χ3n) is 5.08. The van der Waals surface area contributed by atoms with Crippen molar-refractivity contribution in [3.05, 3.63) is 74.5 Å². The van der Waals surface area contributed by atoms with Gasteiger partial charge in [0.05, 0.1) is 30.3 Å². The summed E-state index contributed by atoms with van der Waals surface area (Å²) in [5.74, 6) is -0.598. The van der Waals surface area contributed by atoms with Crippen molar-refractivity contribution >= 4 is 17.7 Å². The number of urea groups is 1. The minimum atomic E-state index is -0.975. The number of amides is 2. The van der Waals surface area contributed by atoms with E-state index in [0.29, 0.717) is 5.70 Å². The van der Waals surface area contributed by atoms with Crippen molar-refractivity contribution in [1.82, 2.24) is 10.6 Å². The van der Waals surface area contributed by atoms with E-state index in [1.807, 2.05) is 31.2 Å². The van der Waals surface area contributed by atoms with E-state index >= 15 is 0 Å². The van der Waals surface area contributed by atoms with Crippen molar-refractivity contribution < 1.29 is 28.7 Å². The summed E-state index contributed by atoms with van der Waals surface area (Å²) in [6.45, 7) is 5.39. The molecular weight excluding hydrogens is 430 g/mol. The zero-order valence-corrected chi connectivity index (χ0v) is 18.8. The van der Waals surface area contributed by atoms with Crippen molar-refractivity contribution in [2.24, 2.45) is 0 Å². The smallest absolute Gasteiger partial charge is 0.338 e. The quantitative estimate of drug-likeness (QED) is 0.353. The number of aryl methyl sites for hydroxylation is 1. The van der Waals surface area contributed by atoms with Crippen LogP contribution in [0.4, 0.5) is 10.5 Å². The first-order valence-electron chi connectivity index (χ1n) is 10.2. The second-order valence-corrected chi connectivity index (χ2v) is 7.39. The molecule has 1 aliphatic rings. The van der Waals surface area contributed by atoms with Gasteiger partial charge in [0.15, 0.2) is 5.75 Å². The van der Waals surface area contributed by atoms with Crippen LogP contribution in [0.5, 0.6) is 11.5 Å². The SMILES string of the molecule is CCOC(=O)C1=C(C)NC(=O)NC1c1cc(OC)c(OCc2ccc(C)cc2)c([N+](=O)[O-])c1. The Balaban J connectivity index is 2.04. The summed E-state index contributed by atoms with van der Waals surface area (Å²) < 4.78 is 16.3. The number of ether oxygens (including phenoxy) is 3. The molecule has 1 atom stereocenters. The molecule has 174 valence electrons. The van der Waals surface area contributed by atoms with Crippen molar-refractivity contribution in [3.8, 4) is 11.5 Å². The van der Waals surface area contributed by atoms with Gasteiger partial charge in [0.2, 0.25) is 5.75 Å². The lowest BCUT2D eigenvalue weighted by Gasteiger charge is -2.28. The van der Waals surface area contributed by atoms with Crippen LogP contribution >= 0.6 is 0 Å². The second-order valence-electron chi connectivity index (χ2n) is 7.39. The number of nitro benzene ring substituents is 1. The van der Waals surface area contributed by atoms with Crippen LogP contribution in [0, 0.1) is 17.0 Å². The summed E-state index contributed by atoms with van der Waals surface area (Å²) >= 11 is 0. The Labute approximate surface area is 190 Å². The molecule has 0 bridgehead atoms. The average Bonchev–Trinajstić information content (AvgIpc) is 2.77. The van der Waals surface area contributed by atoms with Gasteiger partial charge in [-0.2, -0.15) is 0 Å². The van der Waals surface area contributed by atoms with Crippen LogP contribution < -0.4 is 20.1 Å². The van der Waals surface area contributed by atoms with Crippen LogP contribution in [0.3, 0.4) is 0 Å². The number of carbonyl (C=O) groups is 2. The fraction of sp³-hybridized carbons (Fsp3) is 0.304. The summed E-state index contributed by atoms with van der Waals surface area (Å²) in [7, 11) is 1.36. The molecular formula is C23H25N3O7. The number of benzene rings is 2. The first-order valence-corrected chi connectivity index (χ1v) is 10.2. The molecule has 0 radical (unpaired) electrons. The first-order chi connectivity index (χ1) is 15.7. The molecule has 33 heavy (non-hydrogen) atoms. The minimum Gasteiger partial charge on any atom is -0.493 e. The Morgan fingerprint density at radius 1 is 1.18 bits per heavy atom. The molecule has 1 unspecified atom stereocenters. The lowest BCUT2D eigenvalue weighted by Crippen LogP contribution is -2.45. The Hall–Kier alpha value is -4.08. The van der Waals surface area contributed by atoms with Crippen LogP contribution in [-0.4, -0.2) is 30.6 Å². The zero-order chi connectivity index (χ0) is 24.1. The molecule has 2 amide bonds. The average molecular weight is 455 g/mol. The topological polar surface area (TPSA) is 129 Å². The van der Waals surface area contributed by atoms with Crippen LogP contribution in [0.2, 0.25) is 0 Å². The predicted molar refractivity (Wildman–Crippen MR) is 119 cm³/mol. The van der Waals surface area contributed by atoms with E-state index in [-0.39, 0.29) is 41.5 Å². The Kier molecular flexibility index (Phi) is 7.17. The molecule has 0 fully saturated rings. The van der Waals surface area contributed by atoms with Crippen molar-refractivity contribution in [2.75, 3.05) is 13.7 Å². The molecule has 3 rings (SSSR count). The summed E-state index contributed by atoms with van der Waals surface area (Å²) in [5.41, 5.74) is 2.26. The number of hydrogen-bond acceptors (Lipinski definition) is 7. The summed E-state index contributed by atoms with van der Waals surface area (Å²) in [6.07, 6.45) is 0. The van der Waals surface area contributed by atoms with Crippen molar-refractivity contribution in [2.45, 2.75) is 33.4 Å². The van der Waals surface area contributed by atoms with Crippen molar-refractivity contribution in [1.29, 1.82) is 0 Å². The van der Waals surface area contributed by atoms with Gasteiger partial charge in [-0.1, -0.05) is 29.8 Å². The van der Waals surface area contributed by atoms with Crippen LogP contribution in [0.1, 0.15) is 36.6 Å². The molecule has 1 aliphatic heterocycles. The molecule has 2 aromatic rings. The van der Waals surface area contributed by atoms with Gasteiger partial charge in [-0.3, -0.25) is 10.1 Å². The van der Waals surface area contributed by atoms with Gasteiger partial charge in [0.25, 0.3) is 0 Å². The number of nitrogens with zero attached hydrogens (tertiary/aromatic N) is 1. The van der Waals surface area contributed by atoms with Gasteiger partial charge < -0.3 is 24.8 Å². The third-order valence-corrected chi connectivity index (χ3v) is 5.08. The first kappa shape index (κ1) is 23.6. The lowest BCUT2D eigenvalue weighted by atomic mass is 9.94. The van der Waals surface area contributed by atoms with Gasteiger partial charge in [-0.25, -0.2) is 9.59 Å². The minimum absolute atomic E-state index is 0.0505. The molecule has 10 heteroatoms. The second kappa shape index (κ2) is 10.0. The maximum Gasteiger partial charge on any atom is 0.338 e. The summed E-state index contributed by atoms with van der Waals surface area (Å²) in [5, 5.41) is 17.0. The Morgan fingerprint density at radius 2 is 1.88 bits per heavy atom. The fourth-order valence-corrected chi connectivity index (χ4v) is 3.47. The number of carbonyl (C=O) groups excluding carboxylic acids is 2. The number of nitrogens with one attached hydrogen (secondary N) is 2. The van der Waals surface area contributed by atoms with E-state index in [1.54, 1.807) is 13.8 Å². The predicted octanol–water partition coefficient (Wildman–Crippen LogP) is 3.68. The fourth-order valence-electron chi connectivity index (χ4n) is 3.47. The van der Waals surface area contributed by atoms with Gasteiger partial charge >= 0.3 is 17.7 Å². The van der Waals surface area contributed by atoms with Crippen molar-refractivity contribution in [3.63, 3.8) is 0 Å². The highest BCUT2D eigenvalue weighted by atomic mass is 16.6. The van der Waals surface area contributed by atoms with Gasteiger partial charge in [0, 0.05) is 11.8 Å². The number of rotatable bonds is 8. The standard InChI is InChI=1S/C23H25N3O7/c1-5-32-22(27)19-14(3)24-23(28)25-20(19)16-10-17(26(29)30)21(18(11-16)31-4)33-12-15-8-6-13(2)7-9-15/h6-11,20H,5,12H2,1-4H3,(H2,24,25,28). The molecule has 2 N–H and O–H groups in total. The number of nitro groups is 1. The van der Waals surface area contributed by atoms with Gasteiger partial charge in [0.1, 0.15) is 6.61 Å². The number of hydrogen-bond donors (Lipinski definition) is 2. The Morgan fingerprint density at radius 3 is 2.48 bits per heavy atom. The number of allylic oxidation sites excluding steroid dienone is 1. The number of esters is 1. The Bertz CT molecular complexity index is 1110. The van der Waals surface area contributed by atoms with Gasteiger partial charge in [-0.15, -0.1) is 0 Å². The molecule has 10 nitrogen and oxygen atoms in total. The van der Waals surface area contributed by atoms with E-state index in [2.05, 4.69) is 10.6 Å². The number of methoxy groups -OCH3 is 1. The normalized spacial score (nSPS) is 15.4. The maximum absolute atomic E-state index is 12.6.